The van der Waals surface area contributed by atoms with Gasteiger partial charge in [0.2, 0.25) is 0 Å². The summed E-state index contributed by atoms with van der Waals surface area (Å²) < 4.78 is 5.98. The van der Waals surface area contributed by atoms with Gasteiger partial charge in [-0.05, 0) is 43.9 Å². The minimum Gasteiger partial charge on any atom is -0.489 e. The summed E-state index contributed by atoms with van der Waals surface area (Å²) in [5, 5.41) is 0.588. The first-order valence-corrected chi connectivity index (χ1v) is 7.21. The summed E-state index contributed by atoms with van der Waals surface area (Å²) in [4.78, 5) is 0.359. The van der Waals surface area contributed by atoms with E-state index in [1.807, 2.05) is 12.1 Å². The first kappa shape index (κ1) is 13.6. The van der Waals surface area contributed by atoms with Crippen LogP contribution in [0.15, 0.2) is 18.2 Å². The SMILES string of the molecule is NC(=S)c1ccc(OC2CCCCCC2)c(Cl)c1. The van der Waals surface area contributed by atoms with Crippen LogP contribution in [0.1, 0.15) is 44.1 Å². The van der Waals surface area contributed by atoms with Crippen LogP contribution >= 0.6 is 23.8 Å². The zero-order chi connectivity index (χ0) is 13.0. The molecule has 0 aromatic heterocycles. The Labute approximate surface area is 118 Å². The van der Waals surface area contributed by atoms with Gasteiger partial charge in [0.15, 0.2) is 0 Å². The maximum absolute atomic E-state index is 6.19. The first-order chi connectivity index (χ1) is 8.66. The minimum atomic E-state index is 0.292. The lowest BCUT2D eigenvalue weighted by atomic mass is 10.1. The fourth-order valence-electron chi connectivity index (χ4n) is 2.29. The van der Waals surface area contributed by atoms with Crippen LogP contribution in [0.4, 0.5) is 0 Å². The van der Waals surface area contributed by atoms with Crippen molar-refractivity contribution in [1.29, 1.82) is 0 Å². The monoisotopic (exact) mass is 283 g/mol. The highest BCUT2D eigenvalue weighted by atomic mass is 35.5. The fourth-order valence-corrected chi connectivity index (χ4v) is 2.64. The number of ether oxygens (including phenoxy) is 1. The topological polar surface area (TPSA) is 35.2 Å². The van der Waals surface area contributed by atoms with Crippen molar-refractivity contribution in [1.82, 2.24) is 0 Å². The van der Waals surface area contributed by atoms with Gasteiger partial charge in [-0.15, -0.1) is 0 Å². The zero-order valence-electron chi connectivity index (χ0n) is 10.3. The quantitative estimate of drug-likeness (QED) is 0.671. The van der Waals surface area contributed by atoms with Crippen molar-refractivity contribution in [2.24, 2.45) is 5.73 Å². The Bertz CT molecular complexity index is 428. The van der Waals surface area contributed by atoms with E-state index in [1.165, 1.54) is 25.7 Å². The molecule has 1 fully saturated rings. The van der Waals surface area contributed by atoms with Gasteiger partial charge in [-0.2, -0.15) is 0 Å². The average Bonchev–Trinajstić information content (AvgIpc) is 2.60. The number of benzene rings is 1. The van der Waals surface area contributed by atoms with Gasteiger partial charge in [0, 0.05) is 5.56 Å². The molecular weight excluding hydrogens is 266 g/mol. The van der Waals surface area contributed by atoms with Crippen LogP contribution in [-0.4, -0.2) is 11.1 Å². The molecule has 2 rings (SSSR count). The van der Waals surface area contributed by atoms with Crippen LogP contribution in [-0.2, 0) is 0 Å². The summed E-state index contributed by atoms with van der Waals surface area (Å²) in [5.41, 5.74) is 6.35. The molecule has 1 aromatic carbocycles. The summed E-state index contributed by atoms with van der Waals surface area (Å²) in [6, 6.07) is 5.50. The lowest BCUT2D eigenvalue weighted by molar-refractivity contribution is 0.184. The van der Waals surface area contributed by atoms with Crippen molar-refractivity contribution >= 4 is 28.8 Å². The maximum Gasteiger partial charge on any atom is 0.138 e. The molecule has 1 aliphatic carbocycles. The van der Waals surface area contributed by atoms with Crippen LogP contribution in [0, 0.1) is 0 Å². The number of nitrogens with two attached hydrogens (primary N) is 1. The van der Waals surface area contributed by atoms with Crippen molar-refractivity contribution < 1.29 is 4.74 Å². The summed E-state index contributed by atoms with van der Waals surface area (Å²) in [5.74, 6) is 0.739. The normalized spacial score (nSPS) is 17.2. The molecule has 2 N–H and O–H groups in total. The number of hydrogen-bond donors (Lipinski definition) is 1. The molecule has 0 radical (unpaired) electrons. The van der Waals surface area contributed by atoms with Gasteiger partial charge in [0.25, 0.3) is 0 Å². The molecule has 0 atom stereocenters. The second-order valence-corrected chi connectivity index (χ2v) is 5.59. The highest BCUT2D eigenvalue weighted by Gasteiger charge is 2.15. The molecule has 1 aromatic rings. The van der Waals surface area contributed by atoms with Crippen molar-refractivity contribution in [2.45, 2.75) is 44.6 Å². The predicted molar refractivity (Wildman–Crippen MR) is 79.5 cm³/mol. The molecule has 98 valence electrons. The Kier molecular flexibility index (Phi) is 4.84. The molecule has 0 aliphatic heterocycles. The van der Waals surface area contributed by atoms with Crippen LogP contribution in [0.5, 0.6) is 5.75 Å². The zero-order valence-corrected chi connectivity index (χ0v) is 11.9. The van der Waals surface area contributed by atoms with Crippen LogP contribution in [0.25, 0.3) is 0 Å². The Morgan fingerprint density at radius 3 is 2.44 bits per heavy atom. The molecule has 0 saturated heterocycles. The Hall–Kier alpha value is -0.800. The molecule has 0 unspecified atom stereocenters. The third-order valence-electron chi connectivity index (χ3n) is 3.31. The van der Waals surface area contributed by atoms with E-state index in [2.05, 4.69) is 0 Å². The smallest absolute Gasteiger partial charge is 0.138 e. The third kappa shape index (κ3) is 3.59. The van der Waals surface area contributed by atoms with Gasteiger partial charge in [0.1, 0.15) is 10.7 Å². The van der Waals surface area contributed by atoms with E-state index in [-0.39, 0.29) is 0 Å². The van der Waals surface area contributed by atoms with E-state index in [9.17, 15) is 0 Å². The molecule has 0 amide bonds. The third-order valence-corrected chi connectivity index (χ3v) is 3.84. The summed E-state index contributed by atoms with van der Waals surface area (Å²) in [6.07, 6.45) is 7.64. The van der Waals surface area contributed by atoms with E-state index in [0.29, 0.717) is 16.1 Å². The highest BCUT2D eigenvalue weighted by Crippen LogP contribution is 2.29. The maximum atomic E-state index is 6.19. The number of rotatable bonds is 3. The summed E-state index contributed by atoms with van der Waals surface area (Å²) in [7, 11) is 0. The Morgan fingerprint density at radius 2 is 1.89 bits per heavy atom. The molecule has 1 aliphatic rings. The standard InChI is InChI=1S/C14H18ClNOS/c15-12-9-10(14(16)18)7-8-13(12)17-11-5-3-1-2-4-6-11/h7-9,11H,1-6H2,(H2,16,18). The van der Waals surface area contributed by atoms with E-state index in [1.54, 1.807) is 6.07 Å². The van der Waals surface area contributed by atoms with Crippen LogP contribution in [0.2, 0.25) is 5.02 Å². The second-order valence-electron chi connectivity index (χ2n) is 4.74. The summed E-state index contributed by atoms with van der Waals surface area (Å²) >= 11 is 11.1. The van der Waals surface area contributed by atoms with Crippen LogP contribution < -0.4 is 10.5 Å². The van der Waals surface area contributed by atoms with E-state index in [4.69, 9.17) is 34.3 Å². The molecule has 18 heavy (non-hydrogen) atoms. The van der Waals surface area contributed by atoms with Gasteiger partial charge < -0.3 is 10.5 Å². The van der Waals surface area contributed by atoms with Gasteiger partial charge in [0.05, 0.1) is 11.1 Å². The lowest BCUT2D eigenvalue weighted by Crippen LogP contribution is -2.15. The molecule has 0 bridgehead atoms. The molecule has 0 spiro atoms. The van der Waals surface area contributed by atoms with Crippen molar-refractivity contribution in [3.8, 4) is 5.75 Å². The minimum absolute atomic E-state index is 0.292. The van der Waals surface area contributed by atoms with E-state index in [0.717, 1.165) is 24.2 Å². The Balaban J connectivity index is 2.06. The van der Waals surface area contributed by atoms with Gasteiger partial charge in [-0.1, -0.05) is 36.7 Å². The van der Waals surface area contributed by atoms with Gasteiger partial charge in [-0.25, -0.2) is 0 Å². The summed E-state index contributed by atoms with van der Waals surface area (Å²) in [6.45, 7) is 0. The molecule has 4 heteroatoms. The molecule has 1 saturated carbocycles. The second kappa shape index (κ2) is 6.39. The predicted octanol–water partition coefficient (Wildman–Crippen LogP) is 4.08. The van der Waals surface area contributed by atoms with Gasteiger partial charge in [-0.3, -0.25) is 0 Å². The molecule has 2 nitrogen and oxygen atoms in total. The highest BCUT2D eigenvalue weighted by molar-refractivity contribution is 7.80. The molecule has 0 heterocycles. The van der Waals surface area contributed by atoms with E-state index >= 15 is 0 Å². The number of hydrogen-bond acceptors (Lipinski definition) is 2. The van der Waals surface area contributed by atoms with Gasteiger partial charge >= 0.3 is 0 Å². The van der Waals surface area contributed by atoms with Crippen molar-refractivity contribution in [2.75, 3.05) is 0 Å². The van der Waals surface area contributed by atoms with E-state index < -0.39 is 0 Å². The lowest BCUT2D eigenvalue weighted by Gasteiger charge is -2.18. The van der Waals surface area contributed by atoms with Crippen LogP contribution in [0.3, 0.4) is 0 Å². The largest absolute Gasteiger partial charge is 0.489 e. The van der Waals surface area contributed by atoms with Crippen molar-refractivity contribution in [3.05, 3.63) is 28.8 Å². The fraction of sp³-hybridized carbons (Fsp3) is 0.500. The number of halogens is 1. The molecular formula is C14H18ClNOS. The average molecular weight is 284 g/mol. The van der Waals surface area contributed by atoms with Crippen molar-refractivity contribution in [3.63, 3.8) is 0 Å². The number of thiocarbonyl (C=S) groups is 1. The Morgan fingerprint density at radius 1 is 1.22 bits per heavy atom. The first-order valence-electron chi connectivity index (χ1n) is 6.43.